The molecule has 1 aromatic heterocycles. The van der Waals surface area contributed by atoms with Crippen molar-refractivity contribution in [1.82, 2.24) is 19.2 Å². The van der Waals surface area contributed by atoms with Gasteiger partial charge in [-0.15, -0.1) is 0 Å². The summed E-state index contributed by atoms with van der Waals surface area (Å²) in [6, 6.07) is 9.91. The van der Waals surface area contributed by atoms with Gasteiger partial charge in [-0.05, 0) is 45.3 Å². The fourth-order valence-electron chi connectivity index (χ4n) is 3.65. The van der Waals surface area contributed by atoms with E-state index in [4.69, 9.17) is 4.74 Å². The third kappa shape index (κ3) is 4.66. The quantitative estimate of drug-likeness (QED) is 0.694. The van der Waals surface area contributed by atoms with Crippen molar-refractivity contribution < 1.29 is 9.53 Å². The van der Waals surface area contributed by atoms with E-state index in [1.54, 1.807) is 9.25 Å². The van der Waals surface area contributed by atoms with Crippen LogP contribution in [0.15, 0.2) is 35.1 Å². The molecule has 2 aromatic rings. The number of nitrogens with zero attached hydrogens (tertiary/aromatic N) is 4. The number of carbonyl (C=O) groups is 1. The summed E-state index contributed by atoms with van der Waals surface area (Å²) in [6.45, 7) is 7.28. The van der Waals surface area contributed by atoms with Crippen molar-refractivity contribution in [3.8, 4) is 0 Å². The highest BCUT2D eigenvalue weighted by atomic mass is 16.5. The number of aromatic nitrogens is 3. The molecule has 0 amide bonds. The number of esters is 1. The van der Waals surface area contributed by atoms with Crippen molar-refractivity contribution >= 4 is 5.97 Å². The first-order chi connectivity index (χ1) is 13.1. The molecular weight excluding hydrogens is 344 g/mol. The van der Waals surface area contributed by atoms with Gasteiger partial charge in [0, 0.05) is 12.5 Å². The molecule has 1 aromatic carbocycles. The molecule has 3 rings (SSSR count). The Morgan fingerprint density at radius 2 is 1.89 bits per heavy atom. The first kappa shape index (κ1) is 19.4. The number of hydrogen-bond acceptors (Lipinski definition) is 5. The number of hydrogen-bond donors (Lipinski definition) is 0. The second-order valence-corrected chi connectivity index (χ2v) is 6.88. The van der Waals surface area contributed by atoms with Gasteiger partial charge in [0.05, 0.1) is 19.7 Å². The maximum absolute atomic E-state index is 12.7. The van der Waals surface area contributed by atoms with E-state index < -0.39 is 0 Å². The van der Waals surface area contributed by atoms with Gasteiger partial charge in [-0.2, -0.15) is 5.10 Å². The van der Waals surface area contributed by atoms with Crippen molar-refractivity contribution in [2.24, 2.45) is 0 Å². The van der Waals surface area contributed by atoms with Crippen LogP contribution in [0.25, 0.3) is 0 Å². The minimum Gasteiger partial charge on any atom is -0.465 e. The van der Waals surface area contributed by atoms with Crippen molar-refractivity contribution in [2.75, 3.05) is 26.2 Å². The smallest absolute Gasteiger partial charge is 0.346 e. The Morgan fingerprint density at radius 3 is 2.52 bits per heavy atom. The van der Waals surface area contributed by atoms with E-state index in [1.807, 2.05) is 44.2 Å². The molecule has 1 fully saturated rings. The van der Waals surface area contributed by atoms with Crippen molar-refractivity contribution in [3.05, 3.63) is 52.2 Å². The number of carbonyl (C=O) groups excluding carboxylic acids is 1. The van der Waals surface area contributed by atoms with Crippen LogP contribution in [0.5, 0.6) is 0 Å². The molecular formula is C20H28N4O3. The highest BCUT2D eigenvalue weighted by Crippen LogP contribution is 2.26. The molecule has 146 valence electrons. The summed E-state index contributed by atoms with van der Waals surface area (Å²) in [7, 11) is 0. The topological polar surface area (TPSA) is 69.4 Å². The SMILES string of the molecule is CCOC(=O)CN1CCC(c2nn(Cc3ccccc3)c(=O)n2CC)CC1. The highest BCUT2D eigenvalue weighted by Gasteiger charge is 2.27. The summed E-state index contributed by atoms with van der Waals surface area (Å²) < 4.78 is 8.38. The summed E-state index contributed by atoms with van der Waals surface area (Å²) >= 11 is 0. The number of benzene rings is 1. The molecule has 0 aliphatic carbocycles. The average molecular weight is 372 g/mol. The minimum atomic E-state index is -0.173. The van der Waals surface area contributed by atoms with Crippen LogP contribution in [0.1, 0.15) is 44.0 Å². The van der Waals surface area contributed by atoms with Gasteiger partial charge in [-0.3, -0.25) is 14.3 Å². The van der Waals surface area contributed by atoms with Crippen LogP contribution in [-0.2, 0) is 22.6 Å². The minimum absolute atomic E-state index is 0.0506. The van der Waals surface area contributed by atoms with Crippen LogP contribution in [0, 0.1) is 0 Å². The van der Waals surface area contributed by atoms with E-state index in [1.165, 1.54) is 0 Å². The van der Waals surface area contributed by atoms with E-state index in [0.717, 1.165) is 37.3 Å². The molecule has 1 aliphatic rings. The Morgan fingerprint density at radius 1 is 1.19 bits per heavy atom. The second kappa shape index (κ2) is 8.99. The van der Waals surface area contributed by atoms with E-state index >= 15 is 0 Å². The van der Waals surface area contributed by atoms with Gasteiger partial charge in [0.15, 0.2) is 0 Å². The van der Waals surface area contributed by atoms with Crippen molar-refractivity contribution in [3.63, 3.8) is 0 Å². The van der Waals surface area contributed by atoms with Crippen LogP contribution in [0.4, 0.5) is 0 Å². The first-order valence-electron chi connectivity index (χ1n) is 9.71. The van der Waals surface area contributed by atoms with Gasteiger partial charge in [0.1, 0.15) is 5.82 Å². The second-order valence-electron chi connectivity index (χ2n) is 6.88. The molecule has 2 heterocycles. The van der Waals surface area contributed by atoms with E-state index in [0.29, 0.717) is 26.2 Å². The molecule has 0 unspecified atom stereocenters. The zero-order valence-electron chi connectivity index (χ0n) is 16.1. The molecule has 27 heavy (non-hydrogen) atoms. The number of ether oxygens (including phenoxy) is 1. The Bertz CT molecular complexity index is 804. The lowest BCUT2D eigenvalue weighted by molar-refractivity contribution is -0.144. The lowest BCUT2D eigenvalue weighted by atomic mass is 9.96. The van der Waals surface area contributed by atoms with Crippen molar-refractivity contribution in [1.29, 1.82) is 0 Å². The standard InChI is InChI=1S/C20H28N4O3/c1-3-23-19(17-10-12-22(13-11-17)15-18(25)27-4-2)21-24(20(23)26)14-16-8-6-5-7-9-16/h5-9,17H,3-4,10-15H2,1-2H3. The molecule has 1 aliphatic heterocycles. The summed E-state index contributed by atoms with van der Waals surface area (Å²) in [5.41, 5.74) is 1.02. The Labute approximate surface area is 159 Å². The molecule has 0 N–H and O–H groups in total. The maximum Gasteiger partial charge on any atom is 0.346 e. The Kier molecular flexibility index (Phi) is 6.45. The molecule has 7 heteroatoms. The monoisotopic (exact) mass is 372 g/mol. The summed E-state index contributed by atoms with van der Waals surface area (Å²) in [5, 5.41) is 4.67. The molecule has 0 radical (unpaired) electrons. The van der Waals surface area contributed by atoms with Gasteiger partial charge >= 0.3 is 11.7 Å². The van der Waals surface area contributed by atoms with E-state index in [-0.39, 0.29) is 17.6 Å². The molecule has 0 atom stereocenters. The first-order valence-corrected chi connectivity index (χ1v) is 9.71. The predicted molar refractivity (Wildman–Crippen MR) is 103 cm³/mol. The summed E-state index contributed by atoms with van der Waals surface area (Å²) in [6.07, 6.45) is 1.78. The van der Waals surface area contributed by atoms with Crippen LogP contribution < -0.4 is 5.69 Å². The molecule has 0 spiro atoms. The zero-order chi connectivity index (χ0) is 19.2. The highest BCUT2D eigenvalue weighted by molar-refractivity contribution is 5.71. The zero-order valence-corrected chi connectivity index (χ0v) is 16.1. The number of likely N-dealkylation sites (tertiary alicyclic amines) is 1. The van der Waals surface area contributed by atoms with Crippen LogP contribution in [0.3, 0.4) is 0 Å². The van der Waals surface area contributed by atoms with Crippen LogP contribution in [0.2, 0.25) is 0 Å². The van der Waals surface area contributed by atoms with Crippen molar-refractivity contribution in [2.45, 2.75) is 45.7 Å². The van der Waals surface area contributed by atoms with Crippen LogP contribution >= 0.6 is 0 Å². The number of rotatable bonds is 7. The normalized spacial score (nSPS) is 15.8. The average Bonchev–Trinajstić information content (AvgIpc) is 2.99. The molecule has 0 saturated carbocycles. The van der Waals surface area contributed by atoms with Gasteiger partial charge in [0.2, 0.25) is 0 Å². The third-order valence-corrected chi connectivity index (χ3v) is 5.05. The van der Waals surface area contributed by atoms with Gasteiger partial charge in [0.25, 0.3) is 0 Å². The van der Waals surface area contributed by atoms with Gasteiger partial charge in [-0.1, -0.05) is 30.3 Å². The fourth-order valence-corrected chi connectivity index (χ4v) is 3.65. The van der Waals surface area contributed by atoms with Gasteiger partial charge in [-0.25, -0.2) is 9.48 Å². The lowest BCUT2D eigenvalue weighted by Gasteiger charge is -2.30. The lowest BCUT2D eigenvalue weighted by Crippen LogP contribution is -2.38. The Hall–Kier alpha value is -2.41. The van der Waals surface area contributed by atoms with Crippen LogP contribution in [-0.4, -0.2) is 51.5 Å². The maximum atomic E-state index is 12.7. The molecule has 0 bridgehead atoms. The third-order valence-electron chi connectivity index (χ3n) is 5.05. The molecule has 1 saturated heterocycles. The molecule has 7 nitrogen and oxygen atoms in total. The van der Waals surface area contributed by atoms with E-state index in [2.05, 4.69) is 10.00 Å². The van der Waals surface area contributed by atoms with Gasteiger partial charge < -0.3 is 4.74 Å². The Balaban J connectivity index is 1.69. The summed E-state index contributed by atoms with van der Waals surface area (Å²) in [5.74, 6) is 0.941. The summed E-state index contributed by atoms with van der Waals surface area (Å²) in [4.78, 5) is 26.5. The predicted octanol–water partition coefficient (Wildman–Crippen LogP) is 1.86. The van der Waals surface area contributed by atoms with E-state index in [9.17, 15) is 9.59 Å². The largest absolute Gasteiger partial charge is 0.465 e. The number of piperidine rings is 1. The fraction of sp³-hybridized carbons (Fsp3) is 0.550.